The number of likely N-dealkylation sites (tertiary alicyclic amines) is 1. The zero-order valence-electron chi connectivity index (χ0n) is 15.6. The highest BCUT2D eigenvalue weighted by atomic mass is 16.6. The van der Waals surface area contributed by atoms with Gasteiger partial charge in [0.2, 0.25) is 0 Å². The van der Waals surface area contributed by atoms with Crippen LogP contribution in [0.25, 0.3) is 0 Å². The molecule has 5 nitrogen and oxygen atoms in total. The van der Waals surface area contributed by atoms with E-state index in [1.54, 1.807) is 0 Å². The molecular weight excluding hydrogens is 302 g/mol. The first kappa shape index (κ1) is 18.7. The van der Waals surface area contributed by atoms with Gasteiger partial charge in [0.15, 0.2) is 0 Å². The van der Waals surface area contributed by atoms with Crippen LogP contribution in [0.3, 0.4) is 0 Å². The molecule has 1 amide bonds. The number of hydrogen-bond donors (Lipinski definition) is 1. The van der Waals surface area contributed by atoms with Crippen molar-refractivity contribution in [2.24, 2.45) is 5.92 Å². The smallest absolute Gasteiger partial charge is 0.413 e. The van der Waals surface area contributed by atoms with E-state index in [0.29, 0.717) is 17.8 Å². The Bertz CT molecular complexity index is 535. The molecule has 1 N–H and O–H groups in total. The molecule has 1 saturated heterocycles. The van der Waals surface area contributed by atoms with E-state index >= 15 is 0 Å². The first-order valence-corrected chi connectivity index (χ1v) is 8.94. The molecule has 1 aromatic rings. The maximum absolute atomic E-state index is 11.8. The van der Waals surface area contributed by atoms with Crippen molar-refractivity contribution < 1.29 is 9.53 Å². The molecule has 0 aliphatic carbocycles. The summed E-state index contributed by atoms with van der Waals surface area (Å²) in [6.45, 7) is 12.3. The van der Waals surface area contributed by atoms with E-state index in [1.807, 2.05) is 33.0 Å². The van der Waals surface area contributed by atoms with Gasteiger partial charge in [-0.15, -0.1) is 0 Å². The van der Waals surface area contributed by atoms with Crippen molar-refractivity contribution in [2.45, 2.75) is 65.5 Å². The van der Waals surface area contributed by atoms with E-state index in [-0.39, 0.29) is 0 Å². The molecular formula is C19H31N3O2. The minimum absolute atomic E-state index is 0.434. The highest BCUT2D eigenvalue weighted by Gasteiger charge is 2.24. The lowest BCUT2D eigenvalue weighted by atomic mass is 9.95. The van der Waals surface area contributed by atoms with E-state index in [9.17, 15) is 4.79 Å². The van der Waals surface area contributed by atoms with Gasteiger partial charge in [0.05, 0.1) is 0 Å². The molecule has 0 aromatic carbocycles. The van der Waals surface area contributed by atoms with E-state index in [2.05, 4.69) is 35.1 Å². The third-order valence-corrected chi connectivity index (χ3v) is 4.01. The maximum atomic E-state index is 11.8. The van der Waals surface area contributed by atoms with Gasteiger partial charge in [-0.25, -0.2) is 9.78 Å². The van der Waals surface area contributed by atoms with E-state index in [4.69, 9.17) is 4.74 Å². The van der Waals surface area contributed by atoms with Crippen molar-refractivity contribution in [3.8, 4) is 0 Å². The molecule has 24 heavy (non-hydrogen) atoms. The molecule has 0 bridgehead atoms. The van der Waals surface area contributed by atoms with Crippen molar-refractivity contribution >= 4 is 11.9 Å². The summed E-state index contributed by atoms with van der Waals surface area (Å²) < 4.78 is 5.25. The van der Waals surface area contributed by atoms with Gasteiger partial charge in [0, 0.05) is 18.8 Å². The lowest BCUT2D eigenvalue weighted by molar-refractivity contribution is 0.0635. The third-order valence-electron chi connectivity index (χ3n) is 4.01. The minimum Gasteiger partial charge on any atom is -0.444 e. The predicted molar refractivity (Wildman–Crippen MR) is 97.1 cm³/mol. The molecule has 2 heterocycles. The number of carbonyl (C=O) groups excluding carboxylic acids is 1. The summed E-state index contributed by atoms with van der Waals surface area (Å²) in [5.41, 5.74) is 0.716. The lowest BCUT2D eigenvalue weighted by Gasteiger charge is -2.37. The molecule has 0 radical (unpaired) electrons. The monoisotopic (exact) mass is 333 g/mol. The molecule has 1 aromatic heterocycles. The van der Waals surface area contributed by atoms with Crippen molar-refractivity contribution in [1.82, 2.24) is 9.88 Å². The Morgan fingerprint density at radius 3 is 2.71 bits per heavy atom. The summed E-state index contributed by atoms with van der Waals surface area (Å²) in [7, 11) is 0. The number of nitrogens with one attached hydrogen (secondary N) is 1. The summed E-state index contributed by atoms with van der Waals surface area (Å²) in [5.74, 6) is 1.19. The van der Waals surface area contributed by atoms with Crippen LogP contribution in [0, 0.1) is 5.92 Å². The second-order valence-electron chi connectivity index (χ2n) is 8.00. The molecule has 1 atom stereocenters. The van der Waals surface area contributed by atoms with Crippen LogP contribution in [-0.2, 0) is 4.74 Å². The molecule has 134 valence electrons. The minimum atomic E-state index is -0.510. The lowest BCUT2D eigenvalue weighted by Crippen LogP contribution is -2.36. The predicted octanol–water partition coefficient (Wildman–Crippen LogP) is 4.61. The van der Waals surface area contributed by atoms with Gasteiger partial charge in [-0.1, -0.05) is 26.3 Å². The van der Waals surface area contributed by atoms with Crippen LogP contribution in [0.1, 0.15) is 65.5 Å². The standard InChI is InChI=1S/C19H31N3O2/c1-14(2)13-22-11-7-6-8-16(22)15-9-10-17(20-12-15)21-18(23)24-19(3,4)5/h9-10,12,14,16H,6-8,11,13H2,1-5H3,(H,20,21,23). The van der Waals surface area contributed by atoms with Crippen LogP contribution < -0.4 is 5.32 Å². The van der Waals surface area contributed by atoms with Crippen molar-refractivity contribution in [3.63, 3.8) is 0 Å². The second kappa shape index (κ2) is 7.97. The zero-order chi connectivity index (χ0) is 17.7. The van der Waals surface area contributed by atoms with Gasteiger partial charge in [-0.05, 0) is 57.7 Å². The van der Waals surface area contributed by atoms with Crippen molar-refractivity contribution in [3.05, 3.63) is 23.9 Å². The van der Waals surface area contributed by atoms with Gasteiger partial charge >= 0.3 is 6.09 Å². The average Bonchev–Trinajstić information content (AvgIpc) is 2.46. The number of rotatable bonds is 4. The zero-order valence-corrected chi connectivity index (χ0v) is 15.6. The topological polar surface area (TPSA) is 54.5 Å². The number of piperidine rings is 1. The summed E-state index contributed by atoms with van der Waals surface area (Å²) in [6.07, 6.45) is 5.12. The second-order valence-corrected chi connectivity index (χ2v) is 8.00. The van der Waals surface area contributed by atoms with Gasteiger partial charge in [-0.2, -0.15) is 0 Å². The van der Waals surface area contributed by atoms with Gasteiger partial charge < -0.3 is 4.74 Å². The highest BCUT2D eigenvalue weighted by Crippen LogP contribution is 2.31. The maximum Gasteiger partial charge on any atom is 0.413 e. The molecule has 0 spiro atoms. The summed E-state index contributed by atoms with van der Waals surface area (Å²) >= 11 is 0. The molecule has 1 aliphatic rings. The summed E-state index contributed by atoms with van der Waals surface area (Å²) in [4.78, 5) is 18.8. The van der Waals surface area contributed by atoms with Crippen molar-refractivity contribution in [2.75, 3.05) is 18.4 Å². The molecule has 5 heteroatoms. The number of amides is 1. The number of carbonyl (C=O) groups is 1. The number of hydrogen-bond acceptors (Lipinski definition) is 4. The fourth-order valence-corrected chi connectivity index (χ4v) is 3.14. The Kier molecular flexibility index (Phi) is 6.21. The van der Waals surface area contributed by atoms with Crippen LogP contribution in [-0.4, -0.2) is 34.7 Å². The van der Waals surface area contributed by atoms with Gasteiger partial charge in [-0.3, -0.25) is 10.2 Å². The van der Waals surface area contributed by atoms with E-state index < -0.39 is 11.7 Å². The SMILES string of the molecule is CC(C)CN1CCCCC1c1ccc(NC(=O)OC(C)(C)C)nc1. The molecule has 1 fully saturated rings. The number of ether oxygens (including phenoxy) is 1. The van der Waals surface area contributed by atoms with Gasteiger partial charge in [0.1, 0.15) is 11.4 Å². The van der Waals surface area contributed by atoms with Crippen LogP contribution in [0.15, 0.2) is 18.3 Å². The number of aromatic nitrogens is 1. The summed E-state index contributed by atoms with van der Waals surface area (Å²) in [5, 5.41) is 2.69. The average molecular weight is 333 g/mol. The molecule has 1 aliphatic heterocycles. The quantitative estimate of drug-likeness (QED) is 0.874. The Hall–Kier alpha value is -1.62. The van der Waals surface area contributed by atoms with Crippen molar-refractivity contribution in [1.29, 1.82) is 0 Å². The van der Waals surface area contributed by atoms with Crippen LogP contribution in [0.5, 0.6) is 0 Å². The number of anilines is 1. The van der Waals surface area contributed by atoms with E-state index in [1.165, 1.54) is 24.8 Å². The fraction of sp³-hybridized carbons (Fsp3) is 0.684. The summed E-state index contributed by atoms with van der Waals surface area (Å²) in [6, 6.07) is 4.37. The van der Waals surface area contributed by atoms with E-state index in [0.717, 1.165) is 13.1 Å². The third kappa shape index (κ3) is 5.78. The number of nitrogens with zero attached hydrogens (tertiary/aromatic N) is 2. The van der Waals surface area contributed by atoms with Crippen LogP contribution in [0.4, 0.5) is 10.6 Å². The largest absolute Gasteiger partial charge is 0.444 e. The molecule has 0 saturated carbocycles. The van der Waals surface area contributed by atoms with Crippen LogP contribution in [0.2, 0.25) is 0 Å². The van der Waals surface area contributed by atoms with Crippen LogP contribution >= 0.6 is 0 Å². The highest BCUT2D eigenvalue weighted by molar-refractivity contribution is 5.83. The Morgan fingerprint density at radius 1 is 1.38 bits per heavy atom. The molecule has 1 unspecified atom stereocenters. The normalized spacial score (nSPS) is 19.3. The first-order chi connectivity index (χ1) is 11.2. The van der Waals surface area contributed by atoms with Gasteiger partial charge in [0.25, 0.3) is 0 Å². The fourth-order valence-electron chi connectivity index (χ4n) is 3.14. The molecule has 2 rings (SSSR count). The number of pyridine rings is 1. The first-order valence-electron chi connectivity index (χ1n) is 8.94. The Morgan fingerprint density at radius 2 is 2.12 bits per heavy atom. The Balaban J connectivity index is 2.01. The Labute approximate surface area is 145 Å².